The van der Waals surface area contributed by atoms with E-state index in [2.05, 4.69) is 19.9 Å². The van der Waals surface area contributed by atoms with Gasteiger partial charge in [-0.3, -0.25) is 0 Å². The summed E-state index contributed by atoms with van der Waals surface area (Å²) in [4.78, 5) is 0. The lowest BCUT2D eigenvalue weighted by atomic mass is 9.98. The van der Waals surface area contributed by atoms with E-state index >= 15 is 0 Å². The lowest BCUT2D eigenvalue weighted by Crippen LogP contribution is -2.20. The third-order valence-corrected chi connectivity index (χ3v) is 2.95. The summed E-state index contributed by atoms with van der Waals surface area (Å²) >= 11 is 0. The van der Waals surface area contributed by atoms with Crippen molar-refractivity contribution in [3.63, 3.8) is 0 Å². The zero-order valence-electron chi connectivity index (χ0n) is 8.60. The van der Waals surface area contributed by atoms with Crippen molar-refractivity contribution in [2.75, 3.05) is 6.61 Å². The summed E-state index contributed by atoms with van der Waals surface area (Å²) in [6.07, 6.45) is 7.72. The molecule has 0 N–H and O–H groups in total. The van der Waals surface area contributed by atoms with Crippen LogP contribution in [0.15, 0.2) is 22.8 Å². The van der Waals surface area contributed by atoms with Gasteiger partial charge in [-0.2, -0.15) is 0 Å². The van der Waals surface area contributed by atoms with E-state index in [0.29, 0.717) is 6.10 Å². The molecule has 0 bridgehead atoms. The molecule has 0 radical (unpaired) electrons. The SMILES string of the molecule is CC(C)=C1CCC(CC2=CC2)OC1. The van der Waals surface area contributed by atoms with E-state index in [1.165, 1.54) is 36.8 Å². The predicted octanol–water partition coefficient (Wildman–Crippen LogP) is 3.22. The van der Waals surface area contributed by atoms with Crippen LogP contribution in [0.1, 0.15) is 39.5 Å². The molecule has 13 heavy (non-hydrogen) atoms. The molecule has 0 aromatic heterocycles. The van der Waals surface area contributed by atoms with E-state index < -0.39 is 0 Å². The van der Waals surface area contributed by atoms with Crippen LogP contribution in [0.2, 0.25) is 0 Å². The molecule has 72 valence electrons. The third kappa shape index (κ3) is 2.44. The number of ether oxygens (including phenoxy) is 1. The zero-order chi connectivity index (χ0) is 9.26. The normalized spacial score (nSPS) is 27.1. The first-order chi connectivity index (χ1) is 6.25. The molecule has 0 aromatic carbocycles. The van der Waals surface area contributed by atoms with Gasteiger partial charge in [0.05, 0.1) is 12.7 Å². The van der Waals surface area contributed by atoms with Gasteiger partial charge >= 0.3 is 0 Å². The lowest BCUT2D eigenvalue weighted by molar-refractivity contribution is 0.0430. The second-order valence-corrected chi connectivity index (χ2v) is 4.35. The number of rotatable bonds is 2. The number of hydrogen-bond acceptors (Lipinski definition) is 1. The summed E-state index contributed by atoms with van der Waals surface area (Å²) in [6, 6.07) is 0. The van der Waals surface area contributed by atoms with Crippen molar-refractivity contribution < 1.29 is 4.74 Å². The molecule has 1 saturated heterocycles. The van der Waals surface area contributed by atoms with E-state index in [9.17, 15) is 0 Å². The zero-order valence-corrected chi connectivity index (χ0v) is 8.60. The third-order valence-electron chi connectivity index (χ3n) is 2.95. The Kier molecular flexibility index (Phi) is 2.54. The van der Waals surface area contributed by atoms with Crippen molar-refractivity contribution in [2.24, 2.45) is 0 Å². The molecule has 1 heterocycles. The van der Waals surface area contributed by atoms with Gasteiger partial charge in [0.25, 0.3) is 0 Å². The van der Waals surface area contributed by atoms with Crippen molar-refractivity contribution >= 4 is 0 Å². The molecule has 1 nitrogen and oxygen atoms in total. The van der Waals surface area contributed by atoms with Crippen LogP contribution in [0.3, 0.4) is 0 Å². The molecule has 1 unspecified atom stereocenters. The smallest absolute Gasteiger partial charge is 0.0683 e. The maximum Gasteiger partial charge on any atom is 0.0683 e. The maximum atomic E-state index is 5.80. The second kappa shape index (κ2) is 3.67. The quantitative estimate of drug-likeness (QED) is 0.590. The summed E-state index contributed by atoms with van der Waals surface area (Å²) in [6.45, 7) is 5.24. The van der Waals surface area contributed by atoms with Gasteiger partial charge in [0, 0.05) is 0 Å². The molecule has 0 aromatic rings. The highest BCUT2D eigenvalue weighted by Crippen LogP contribution is 2.30. The minimum atomic E-state index is 0.511. The molecule has 2 rings (SSSR count). The van der Waals surface area contributed by atoms with E-state index in [1.807, 2.05) is 0 Å². The molecular formula is C12H18O. The van der Waals surface area contributed by atoms with Crippen LogP contribution in [0.5, 0.6) is 0 Å². The van der Waals surface area contributed by atoms with E-state index in [1.54, 1.807) is 5.57 Å². The molecule has 1 atom stereocenters. The Hall–Kier alpha value is -0.560. The Morgan fingerprint density at radius 3 is 2.77 bits per heavy atom. The first-order valence-electron chi connectivity index (χ1n) is 5.20. The highest BCUT2D eigenvalue weighted by molar-refractivity contribution is 5.23. The molecular weight excluding hydrogens is 160 g/mol. The summed E-state index contributed by atoms with van der Waals surface area (Å²) in [5.41, 5.74) is 4.57. The molecule has 0 spiro atoms. The molecule has 1 heteroatoms. The molecule has 1 aliphatic heterocycles. The van der Waals surface area contributed by atoms with E-state index in [-0.39, 0.29) is 0 Å². The van der Waals surface area contributed by atoms with E-state index in [0.717, 1.165) is 6.61 Å². The summed E-state index contributed by atoms with van der Waals surface area (Å²) in [5, 5.41) is 0. The highest BCUT2D eigenvalue weighted by atomic mass is 16.5. The fourth-order valence-electron chi connectivity index (χ4n) is 1.80. The highest BCUT2D eigenvalue weighted by Gasteiger charge is 2.20. The standard InChI is InChI=1S/C12H18O/c1-9(2)11-5-6-12(13-8-11)7-10-3-4-10/h3,12H,4-8H2,1-2H3. The van der Waals surface area contributed by atoms with Crippen molar-refractivity contribution in [2.45, 2.75) is 45.6 Å². The first kappa shape index (κ1) is 9.01. The molecule has 1 aliphatic carbocycles. The molecule has 0 amide bonds. The van der Waals surface area contributed by atoms with E-state index in [4.69, 9.17) is 4.74 Å². The Balaban J connectivity index is 1.81. The van der Waals surface area contributed by atoms with Crippen LogP contribution in [0.4, 0.5) is 0 Å². The Morgan fingerprint density at radius 1 is 1.54 bits per heavy atom. The topological polar surface area (TPSA) is 9.23 Å². The van der Waals surface area contributed by atoms with Gasteiger partial charge in [0.2, 0.25) is 0 Å². The van der Waals surface area contributed by atoms with Crippen LogP contribution < -0.4 is 0 Å². The Bertz CT molecular complexity index is 246. The predicted molar refractivity (Wildman–Crippen MR) is 54.7 cm³/mol. The van der Waals surface area contributed by atoms with Crippen LogP contribution in [-0.4, -0.2) is 12.7 Å². The van der Waals surface area contributed by atoms with Crippen LogP contribution >= 0.6 is 0 Å². The van der Waals surface area contributed by atoms with Crippen molar-refractivity contribution in [1.29, 1.82) is 0 Å². The van der Waals surface area contributed by atoms with Gasteiger partial charge in [0.15, 0.2) is 0 Å². The maximum absolute atomic E-state index is 5.80. The summed E-state index contributed by atoms with van der Waals surface area (Å²) in [5.74, 6) is 0. The van der Waals surface area contributed by atoms with Gasteiger partial charge in [-0.05, 0) is 45.1 Å². The second-order valence-electron chi connectivity index (χ2n) is 4.35. The van der Waals surface area contributed by atoms with Crippen LogP contribution in [0, 0.1) is 0 Å². The van der Waals surface area contributed by atoms with Crippen molar-refractivity contribution in [1.82, 2.24) is 0 Å². The number of allylic oxidation sites excluding steroid dienone is 2. The monoisotopic (exact) mass is 178 g/mol. The fourth-order valence-corrected chi connectivity index (χ4v) is 1.80. The average Bonchev–Trinajstić information content (AvgIpc) is 2.89. The molecule has 2 aliphatic rings. The molecule has 1 fully saturated rings. The van der Waals surface area contributed by atoms with Gasteiger partial charge in [-0.15, -0.1) is 0 Å². The fraction of sp³-hybridized carbons (Fsp3) is 0.667. The van der Waals surface area contributed by atoms with Gasteiger partial charge in [-0.25, -0.2) is 0 Å². The van der Waals surface area contributed by atoms with Crippen LogP contribution in [-0.2, 0) is 4.74 Å². The van der Waals surface area contributed by atoms with Crippen LogP contribution in [0.25, 0.3) is 0 Å². The largest absolute Gasteiger partial charge is 0.374 e. The lowest BCUT2D eigenvalue weighted by Gasteiger charge is -2.25. The Morgan fingerprint density at radius 2 is 2.31 bits per heavy atom. The van der Waals surface area contributed by atoms with Gasteiger partial charge in [-0.1, -0.05) is 17.2 Å². The summed E-state index contributed by atoms with van der Waals surface area (Å²) < 4.78 is 5.80. The average molecular weight is 178 g/mol. The number of hydrogen-bond donors (Lipinski definition) is 0. The van der Waals surface area contributed by atoms with Gasteiger partial charge in [0.1, 0.15) is 0 Å². The molecule has 0 saturated carbocycles. The minimum Gasteiger partial charge on any atom is -0.374 e. The first-order valence-corrected chi connectivity index (χ1v) is 5.20. The van der Waals surface area contributed by atoms with Gasteiger partial charge < -0.3 is 4.74 Å². The Labute approximate surface area is 80.5 Å². The minimum absolute atomic E-state index is 0.511. The van der Waals surface area contributed by atoms with Crippen molar-refractivity contribution in [3.8, 4) is 0 Å². The van der Waals surface area contributed by atoms with Crippen molar-refractivity contribution in [3.05, 3.63) is 22.8 Å². The summed E-state index contributed by atoms with van der Waals surface area (Å²) in [7, 11) is 0.